The summed E-state index contributed by atoms with van der Waals surface area (Å²) in [6.45, 7) is 2.11. The number of aryl methyl sites for hydroxylation is 1. The standard InChI is InChI=1S/C9H9BrN2/c1-2-8-4-9-3-7(10)5-12(9)6-11-8/h3-6H,2H2,1H3. The van der Waals surface area contributed by atoms with Crippen molar-refractivity contribution in [2.45, 2.75) is 13.3 Å². The molecular formula is C9H9BrN2. The third-order valence-corrected chi connectivity index (χ3v) is 2.30. The molecule has 0 saturated heterocycles. The molecule has 0 bridgehead atoms. The highest BCUT2D eigenvalue weighted by atomic mass is 79.9. The summed E-state index contributed by atoms with van der Waals surface area (Å²) >= 11 is 3.42. The zero-order valence-corrected chi connectivity index (χ0v) is 8.37. The van der Waals surface area contributed by atoms with Gasteiger partial charge in [0.25, 0.3) is 0 Å². The highest BCUT2D eigenvalue weighted by molar-refractivity contribution is 9.10. The Labute approximate surface area is 79.4 Å². The predicted octanol–water partition coefficient (Wildman–Crippen LogP) is 2.66. The molecule has 0 unspecified atom stereocenters. The Balaban J connectivity index is 2.66. The van der Waals surface area contributed by atoms with E-state index < -0.39 is 0 Å². The number of fused-ring (bicyclic) bond motifs is 1. The second-order valence-corrected chi connectivity index (χ2v) is 3.64. The highest BCUT2D eigenvalue weighted by Crippen LogP contribution is 2.15. The number of hydrogen-bond donors (Lipinski definition) is 0. The lowest BCUT2D eigenvalue weighted by Gasteiger charge is -1.96. The van der Waals surface area contributed by atoms with Crippen LogP contribution < -0.4 is 0 Å². The molecule has 3 heteroatoms. The summed E-state index contributed by atoms with van der Waals surface area (Å²) in [6.07, 6.45) is 4.83. The van der Waals surface area contributed by atoms with E-state index in [0.29, 0.717) is 0 Å². The van der Waals surface area contributed by atoms with Crippen LogP contribution in [0.4, 0.5) is 0 Å². The molecule has 12 heavy (non-hydrogen) atoms. The highest BCUT2D eigenvalue weighted by Gasteiger charge is 1.97. The number of nitrogens with zero attached hydrogens (tertiary/aromatic N) is 2. The predicted molar refractivity (Wildman–Crippen MR) is 52.3 cm³/mol. The van der Waals surface area contributed by atoms with E-state index in [2.05, 4.69) is 40.0 Å². The first-order valence-electron chi connectivity index (χ1n) is 3.91. The van der Waals surface area contributed by atoms with Crippen molar-refractivity contribution in [1.82, 2.24) is 9.38 Å². The fourth-order valence-corrected chi connectivity index (χ4v) is 1.67. The molecule has 0 spiro atoms. The topological polar surface area (TPSA) is 17.3 Å². The Kier molecular flexibility index (Phi) is 1.89. The molecule has 2 nitrogen and oxygen atoms in total. The van der Waals surface area contributed by atoms with E-state index >= 15 is 0 Å². The second-order valence-electron chi connectivity index (χ2n) is 2.72. The van der Waals surface area contributed by atoms with E-state index in [1.807, 2.05) is 16.9 Å². The monoisotopic (exact) mass is 224 g/mol. The largest absolute Gasteiger partial charge is 0.307 e. The van der Waals surface area contributed by atoms with Gasteiger partial charge in [-0.1, -0.05) is 6.92 Å². The smallest absolute Gasteiger partial charge is 0.0994 e. The normalized spacial score (nSPS) is 10.8. The lowest BCUT2D eigenvalue weighted by molar-refractivity contribution is 0.981. The van der Waals surface area contributed by atoms with Gasteiger partial charge in [0, 0.05) is 21.9 Å². The number of halogens is 1. The molecule has 62 valence electrons. The maximum Gasteiger partial charge on any atom is 0.0994 e. The van der Waals surface area contributed by atoms with E-state index in [9.17, 15) is 0 Å². The van der Waals surface area contributed by atoms with Crippen molar-refractivity contribution in [2.24, 2.45) is 0 Å². The first kappa shape index (κ1) is 7.80. The van der Waals surface area contributed by atoms with Crippen LogP contribution in [0, 0.1) is 0 Å². The fraction of sp³-hybridized carbons (Fsp3) is 0.222. The average molecular weight is 225 g/mol. The van der Waals surface area contributed by atoms with Crippen LogP contribution in [0.2, 0.25) is 0 Å². The quantitative estimate of drug-likeness (QED) is 0.729. The van der Waals surface area contributed by atoms with Crippen LogP contribution in [0.1, 0.15) is 12.6 Å². The Morgan fingerprint density at radius 1 is 1.50 bits per heavy atom. The van der Waals surface area contributed by atoms with Crippen LogP contribution in [0.5, 0.6) is 0 Å². The van der Waals surface area contributed by atoms with Gasteiger partial charge in [0.2, 0.25) is 0 Å². The van der Waals surface area contributed by atoms with Crippen molar-refractivity contribution in [2.75, 3.05) is 0 Å². The fourth-order valence-electron chi connectivity index (χ4n) is 1.21. The van der Waals surface area contributed by atoms with Gasteiger partial charge >= 0.3 is 0 Å². The van der Waals surface area contributed by atoms with Gasteiger partial charge in [0.1, 0.15) is 0 Å². The zero-order chi connectivity index (χ0) is 8.55. The Morgan fingerprint density at radius 3 is 3.08 bits per heavy atom. The molecule has 0 N–H and O–H groups in total. The van der Waals surface area contributed by atoms with Crippen LogP contribution in [0.3, 0.4) is 0 Å². The molecule has 0 aliphatic carbocycles. The van der Waals surface area contributed by atoms with Crippen molar-refractivity contribution >= 4 is 21.4 Å². The maximum absolute atomic E-state index is 4.28. The second kappa shape index (κ2) is 2.90. The molecule has 0 aromatic carbocycles. The molecular weight excluding hydrogens is 216 g/mol. The summed E-state index contributed by atoms with van der Waals surface area (Å²) < 4.78 is 3.10. The summed E-state index contributed by atoms with van der Waals surface area (Å²) in [5.74, 6) is 0. The summed E-state index contributed by atoms with van der Waals surface area (Å²) in [5.41, 5.74) is 2.32. The van der Waals surface area contributed by atoms with Crippen LogP contribution in [0.15, 0.2) is 29.1 Å². The van der Waals surface area contributed by atoms with Crippen molar-refractivity contribution in [1.29, 1.82) is 0 Å². The molecule has 0 amide bonds. The lowest BCUT2D eigenvalue weighted by atomic mass is 10.3. The lowest BCUT2D eigenvalue weighted by Crippen LogP contribution is -1.90. The SMILES string of the molecule is CCc1cc2cc(Br)cn2cn1. The number of rotatable bonds is 1. The summed E-state index contributed by atoms with van der Waals surface area (Å²) in [7, 11) is 0. The van der Waals surface area contributed by atoms with Gasteiger partial charge in [0.05, 0.1) is 6.33 Å². The van der Waals surface area contributed by atoms with Crippen LogP contribution in [0.25, 0.3) is 5.52 Å². The first-order valence-corrected chi connectivity index (χ1v) is 4.71. The van der Waals surface area contributed by atoms with Gasteiger partial charge in [0.15, 0.2) is 0 Å². The molecule has 0 aliphatic heterocycles. The molecule has 0 aliphatic rings. The van der Waals surface area contributed by atoms with Crippen molar-refractivity contribution in [3.8, 4) is 0 Å². The molecule has 2 aromatic heterocycles. The Hall–Kier alpha value is -0.830. The summed E-state index contributed by atoms with van der Waals surface area (Å²) in [6, 6.07) is 4.19. The van der Waals surface area contributed by atoms with Gasteiger partial charge in [-0.3, -0.25) is 0 Å². The number of aromatic nitrogens is 2. The molecule has 0 saturated carbocycles. The Bertz CT molecular complexity index is 406. The van der Waals surface area contributed by atoms with Gasteiger partial charge in [-0.2, -0.15) is 0 Å². The summed E-state index contributed by atoms with van der Waals surface area (Å²) in [4.78, 5) is 4.28. The Morgan fingerprint density at radius 2 is 2.33 bits per heavy atom. The maximum atomic E-state index is 4.28. The average Bonchev–Trinajstić information content (AvgIpc) is 2.43. The van der Waals surface area contributed by atoms with E-state index in [-0.39, 0.29) is 0 Å². The van der Waals surface area contributed by atoms with Crippen molar-refractivity contribution in [3.63, 3.8) is 0 Å². The molecule has 2 heterocycles. The van der Waals surface area contributed by atoms with Gasteiger partial charge in [-0.15, -0.1) is 0 Å². The van der Waals surface area contributed by atoms with E-state index in [1.54, 1.807) is 0 Å². The minimum Gasteiger partial charge on any atom is -0.307 e. The van der Waals surface area contributed by atoms with Crippen LogP contribution in [-0.2, 0) is 6.42 Å². The van der Waals surface area contributed by atoms with Gasteiger partial charge in [-0.05, 0) is 34.5 Å². The van der Waals surface area contributed by atoms with Crippen molar-refractivity contribution in [3.05, 3.63) is 34.8 Å². The molecule has 2 rings (SSSR count). The summed E-state index contributed by atoms with van der Waals surface area (Å²) in [5, 5.41) is 0. The minimum atomic E-state index is 0.985. The first-order chi connectivity index (χ1) is 5.79. The minimum absolute atomic E-state index is 0.985. The molecule has 0 fully saturated rings. The molecule has 0 atom stereocenters. The molecule has 2 aromatic rings. The van der Waals surface area contributed by atoms with Crippen molar-refractivity contribution < 1.29 is 0 Å². The zero-order valence-electron chi connectivity index (χ0n) is 6.79. The van der Waals surface area contributed by atoms with Crippen LogP contribution >= 0.6 is 15.9 Å². The number of hydrogen-bond acceptors (Lipinski definition) is 1. The van der Waals surface area contributed by atoms with E-state index in [1.165, 1.54) is 5.52 Å². The van der Waals surface area contributed by atoms with Gasteiger partial charge in [-0.25, -0.2) is 4.98 Å². The third-order valence-electron chi connectivity index (χ3n) is 1.87. The van der Waals surface area contributed by atoms with E-state index in [0.717, 1.165) is 16.6 Å². The van der Waals surface area contributed by atoms with E-state index in [4.69, 9.17) is 0 Å². The molecule has 0 radical (unpaired) electrons. The third kappa shape index (κ3) is 1.25. The van der Waals surface area contributed by atoms with Crippen LogP contribution in [-0.4, -0.2) is 9.38 Å². The van der Waals surface area contributed by atoms with Gasteiger partial charge < -0.3 is 4.40 Å².